The van der Waals surface area contributed by atoms with Crippen LogP contribution in [0.1, 0.15) is 5.69 Å². The Morgan fingerprint density at radius 2 is 2.00 bits per heavy atom. The third kappa shape index (κ3) is 2.68. The summed E-state index contributed by atoms with van der Waals surface area (Å²) in [7, 11) is 1.63. The van der Waals surface area contributed by atoms with Gasteiger partial charge in [-0.25, -0.2) is 4.68 Å². The van der Waals surface area contributed by atoms with Crippen molar-refractivity contribution in [1.29, 1.82) is 0 Å². The Morgan fingerprint density at radius 3 is 2.73 bits per heavy atom. The van der Waals surface area contributed by atoms with Crippen molar-refractivity contribution in [3.63, 3.8) is 0 Å². The molecule has 2 aromatic carbocycles. The van der Waals surface area contributed by atoms with E-state index in [9.17, 15) is 0 Å². The lowest BCUT2D eigenvalue weighted by molar-refractivity contribution is 0.415. The van der Waals surface area contributed by atoms with Gasteiger partial charge < -0.3 is 10.5 Å². The van der Waals surface area contributed by atoms with Crippen molar-refractivity contribution in [3.8, 4) is 22.7 Å². The number of halogens is 1. The molecule has 1 heterocycles. The van der Waals surface area contributed by atoms with Gasteiger partial charge in [0, 0.05) is 17.1 Å². The molecule has 0 bridgehead atoms. The molecule has 2 N–H and O–H groups in total. The summed E-state index contributed by atoms with van der Waals surface area (Å²) in [6.07, 6.45) is 0. The number of benzene rings is 2. The minimum atomic E-state index is 0.299. The van der Waals surface area contributed by atoms with Crippen LogP contribution in [0.5, 0.6) is 5.75 Å². The van der Waals surface area contributed by atoms with Crippen LogP contribution in [0.4, 0.5) is 0 Å². The van der Waals surface area contributed by atoms with E-state index in [0.29, 0.717) is 17.3 Å². The van der Waals surface area contributed by atoms with Gasteiger partial charge in [0.1, 0.15) is 11.4 Å². The number of hydrogen-bond donors (Lipinski definition) is 1. The molecular weight excluding hydrogens is 300 g/mol. The van der Waals surface area contributed by atoms with Gasteiger partial charge in [0.25, 0.3) is 0 Å². The van der Waals surface area contributed by atoms with E-state index in [4.69, 9.17) is 22.1 Å². The van der Waals surface area contributed by atoms with Gasteiger partial charge in [0.15, 0.2) is 0 Å². The van der Waals surface area contributed by atoms with Gasteiger partial charge >= 0.3 is 0 Å². The van der Waals surface area contributed by atoms with Crippen molar-refractivity contribution >= 4 is 11.6 Å². The van der Waals surface area contributed by atoms with E-state index >= 15 is 0 Å². The first-order valence-corrected chi connectivity index (χ1v) is 7.15. The summed E-state index contributed by atoms with van der Waals surface area (Å²) in [6.45, 7) is 0.299. The molecule has 5 nitrogen and oxygen atoms in total. The second-order valence-corrected chi connectivity index (χ2v) is 5.15. The van der Waals surface area contributed by atoms with Gasteiger partial charge in [0.05, 0.1) is 18.5 Å². The summed E-state index contributed by atoms with van der Waals surface area (Å²) in [5, 5.41) is 9.03. The molecule has 0 spiro atoms. The Bertz CT molecular complexity index is 800. The highest BCUT2D eigenvalue weighted by Gasteiger charge is 2.16. The van der Waals surface area contributed by atoms with Crippen LogP contribution < -0.4 is 10.5 Å². The number of nitrogens with zero attached hydrogens (tertiary/aromatic N) is 3. The van der Waals surface area contributed by atoms with Gasteiger partial charge in [-0.3, -0.25) is 0 Å². The summed E-state index contributed by atoms with van der Waals surface area (Å²) >= 11 is 6.08. The number of hydrogen-bond acceptors (Lipinski definition) is 4. The zero-order valence-electron chi connectivity index (χ0n) is 12.0. The SMILES string of the molecule is COc1cccc(-c2c(CN)nnn2-c2cccc(Cl)c2)c1. The molecule has 0 aliphatic carbocycles. The van der Waals surface area contributed by atoms with Gasteiger partial charge in [-0.2, -0.15) is 0 Å². The molecule has 0 radical (unpaired) electrons. The minimum absolute atomic E-state index is 0.299. The van der Waals surface area contributed by atoms with E-state index in [1.54, 1.807) is 11.8 Å². The maximum Gasteiger partial charge on any atom is 0.119 e. The number of aromatic nitrogens is 3. The van der Waals surface area contributed by atoms with Crippen LogP contribution in [0.15, 0.2) is 48.5 Å². The highest BCUT2D eigenvalue weighted by Crippen LogP contribution is 2.28. The molecule has 0 unspecified atom stereocenters. The fourth-order valence-electron chi connectivity index (χ4n) is 2.30. The fraction of sp³-hybridized carbons (Fsp3) is 0.125. The molecule has 6 heteroatoms. The summed E-state index contributed by atoms with van der Waals surface area (Å²) in [6, 6.07) is 15.2. The molecule has 0 amide bonds. The average Bonchev–Trinajstić information content (AvgIpc) is 2.99. The molecule has 0 atom stereocenters. The van der Waals surface area contributed by atoms with Crippen LogP contribution in [-0.4, -0.2) is 22.1 Å². The predicted octanol–water partition coefficient (Wildman–Crippen LogP) is 3.06. The first kappa shape index (κ1) is 14.6. The van der Waals surface area contributed by atoms with Gasteiger partial charge in [0.2, 0.25) is 0 Å². The molecule has 0 saturated carbocycles. The molecule has 0 aliphatic rings. The van der Waals surface area contributed by atoms with Crippen LogP contribution >= 0.6 is 11.6 Å². The fourth-order valence-corrected chi connectivity index (χ4v) is 2.48. The number of methoxy groups -OCH3 is 1. The Labute approximate surface area is 133 Å². The first-order valence-electron chi connectivity index (χ1n) is 6.78. The zero-order chi connectivity index (χ0) is 15.5. The predicted molar refractivity (Wildman–Crippen MR) is 86.2 cm³/mol. The van der Waals surface area contributed by atoms with E-state index in [1.807, 2.05) is 48.5 Å². The molecule has 3 rings (SSSR count). The molecular formula is C16H15ClN4O. The van der Waals surface area contributed by atoms with Crippen molar-refractivity contribution < 1.29 is 4.74 Å². The van der Waals surface area contributed by atoms with Gasteiger partial charge in [-0.05, 0) is 30.3 Å². The lowest BCUT2D eigenvalue weighted by Crippen LogP contribution is -2.02. The Morgan fingerprint density at radius 1 is 1.18 bits per heavy atom. The topological polar surface area (TPSA) is 66.0 Å². The molecule has 0 saturated heterocycles. The molecule has 3 aromatic rings. The maximum atomic E-state index is 6.08. The van der Waals surface area contributed by atoms with Gasteiger partial charge in [-0.15, -0.1) is 5.10 Å². The first-order chi connectivity index (χ1) is 10.7. The van der Waals surface area contributed by atoms with Crippen LogP contribution in [0, 0.1) is 0 Å². The highest BCUT2D eigenvalue weighted by molar-refractivity contribution is 6.30. The lowest BCUT2D eigenvalue weighted by atomic mass is 10.1. The van der Waals surface area contributed by atoms with E-state index in [-0.39, 0.29) is 0 Å². The van der Waals surface area contributed by atoms with E-state index < -0.39 is 0 Å². The van der Waals surface area contributed by atoms with Crippen LogP contribution in [0.25, 0.3) is 16.9 Å². The quantitative estimate of drug-likeness (QED) is 0.803. The lowest BCUT2D eigenvalue weighted by Gasteiger charge is -2.09. The summed E-state index contributed by atoms with van der Waals surface area (Å²) < 4.78 is 7.03. The van der Waals surface area contributed by atoms with Gasteiger partial charge in [-0.1, -0.05) is 35.0 Å². The second kappa shape index (κ2) is 6.17. The summed E-state index contributed by atoms with van der Waals surface area (Å²) in [4.78, 5) is 0. The van der Waals surface area contributed by atoms with E-state index in [1.165, 1.54) is 0 Å². The standard InChI is InChI=1S/C16H15ClN4O/c1-22-14-7-2-4-11(8-14)16-15(10-18)19-20-21(16)13-6-3-5-12(17)9-13/h2-9H,10,18H2,1H3. The third-order valence-corrected chi connectivity index (χ3v) is 3.56. The molecule has 0 fully saturated rings. The number of nitrogens with two attached hydrogens (primary N) is 1. The Balaban J connectivity index is 2.19. The molecule has 1 aromatic heterocycles. The van der Waals surface area contributed by atoms with Crippen molar-refractivity contribution in [2.45, 2.75) is 6.54 Å². The number of rotatable bonds is 4. The van der Waals surface area contributed by atoms with Crippen molar-refractivity contribution in [2.24, 2.45) is 5.73 Å². The Kier molecular flexibility index (Phi) is 4.09. The van der Waals surface area contributed by atoms with E-state index in [2.05, 4.69) is 10.3 Å². The largest absolute Gasteiger partial charge is 0.497 e. The van der Waals surface area contributed by atoms with Crippen LogP contribution in [0.3, 0.4) is 0 Å². The monoisotopic (exact) mass is 314 g/mol. The number of ether oxygens (including phenoxy) is 1. The molecule has 22 heavy (non-hydrogen) atoms. The normalized spacial score (nSPS) is 10.7. The van der Waals surface area contributed by atoms with E-state index in [0.717, 1.165) is 22.7 Å². The van der Waals surface area contributed by atoms with Crippen molar-refractivity contribution in [2.75, 3.05) is 7.11 Å². The summed E-state index contributed by atoms with van der Waals surface area (Å²) in [5.74, 6) is 0.763. The average molecular weight is 315 g/mol. The Hall–Kier alpha value is -2.37. The summed E-state index contributed by atoms with van der Waals surface area (Å²) in [5.41, 5.74) is 9.13. The molecule has 112 valence electrons. The third-order valence-electron chi connectivity index (χ3n) is 3.33. The van der Waals surface area contributed by atoms with Crippen LogP contribution in [0.2, 0.25) is 5.02 Å². The minimum Gasteiger partial charge on any atom is -0.497 e. The van der Waals surface area contributed by atoms with Crippen LogP contribution in [-0.2, 0) is 6.54 Å². The van der Waals surface area contributed by atoms with Crippen molar-refractivity contribution in [1.82, 2.24) is 15.0 Å². The smallest absolute Gasteiger partial charge is 0.119 e. The second-order valence-electron chi connectivity index (χ2n) is 4.71. The highest BCUT2D eigenvalue weighted by atomic mass is 35.5. The van der Waals surface area contributed by atoms with Crippen molar-refractivity contribution in [3.05, 3.63) is 59.2 Å². The zero-order valence-corrected chi connectivity index (χ0v) is 12.8. The maximum absolute atomic E-state index is 6.08. The molecule has 0 aliphatic heterocycles.